The van der Waals surface area contributed by atoms with E-state index in [1.807, 2.05) is 30.3 Å². The molecule has 0 N–H and O–H groups in total. The number of carbonyl (C=O) groups excluding carboxylic acids is 2. The molecule has 0 saturated carbocycles. The maximum absolute atomic E-state index is 15.6. The molecule has 0 fully saturated rings. The highest BCUT2D eigenvalue weighted by Crippen LogP contribution is 2.20. The van der Waals surface area contributed by atoms with Gasteiger partial charge in [-0.15, -0.1) is 0 Å². The Bertz CT molecular complexity index is 921. The highest BCUT2D eigenvalue weighted by Gasteiger charge is 2.34. The first-order valence-electron chi connectivity index (χ1n) is 10.3. The summed E-state index contributed by atoms with van der Waals surface area (Å²) in [6, 6.07) is 26.1. The molecule has 166 valence electrons. The Hall–Kier alpha value is -3.51. The van der Waals surface area contributed by atoms with Gasteiger partial charge in [-0.1, -0.05) is 66.7 Å². The average molecular weight is 436 g/mol. The minimum Gasteiger partial charge on any atom is -0.459 e. The predicted octanol–water partition coefficient (Wildman–Crippen LogP) is 5.02. The van der Waals surface area contributed by atoms with E-state index in [4.69, 9.17) is 14.2 Å². The molecule has 0 aliphatic carbocycles. The molecule has 0 aromatic heterocycles. The quantitative estimate of drug-likeness (QED) is 0.312. The summed E-state index contributed by atoms with van der Waals surface area (Å²) in [5, 5.41) is 0. The number of ether oxygens (including phenoxy) is 3. The zero-order valence-electron chi connectivity index (χ0n) is 17.6. The fraction of sp³-hybridized carbons (Fsp3) is 0.231. The first kappa shape index (κ1) is 23.2. The minimum atomic E-state index is -2.09. The summed E-state index contributed by atoms with van der Waals surface area (Å²) in [6.07, 6.45) is -0.107. The maximum atomic E-state index is 15.6. The predicted molar refractivity (Wildman–Crippen MR) is 118 cm³/mol. The molecule has 0 aliphatic heterocycles. The number of alkyl halides is 1. The van der Waals surface area contributed by atoms with E-state index in [2.05, 4.69) is 0 Å². The van der Waals surface area contributed by atoms with Crippen molar-refractivity contribution in [3.05, 3.63) is 108 Å². The van der Waals surface area contributed by atoms with Gasteiger partial charge < -0.3 is 14.2 Å². The van der Waals surface area contributed by atoms with Crippen LogP contribution in [-0.4, -0.2) is 37.4 Å². The van der Waals surface area contributed by atoms with Gasteiger partial charge in [-0.25, -0.2) is 14.0 Å². The van der Waals surface area contributed by atoms with E-state index in [0.717, 1.165) is 5.56 Å². The second kappa shape index (κ2) is 11.8. The molecule has 0 atom stereocenters. The lowest BCUT2D eigenvalue weighted by Gasteiger charge is -2.24. The summed E-state index contributed by atoms with van der Waals surface area (Å²) in [6.45, 7) is -0.726. The lowest BCUT2D eigenvalue weighted by atomic mass is 10.0. The molecular weight excluding hydrogens is 411 g/mol. The summed E-state index contributed by atoms with van der Waals surface area (Å²) in [7, 11) is 0. The Labute approximate surface area is 186 Å². The molecular formula is C26H25FO5. The molecule has 0 bridgehead atoms. The molecule has 0 amide bonds. The van der Waals surface area contributed by atoms with Gasteiger partial charge >= 0.3 is 11.9 Å². The van der Waals surface area contributed by atoms with Crippen molar-refractivity contribution in [1.82, 2.24) is 0 Å². The van der Waals surface area contributed by atoms with Crippen LogP contribution in [0.4, 0.5) is 4.39 Å². The SMILES string of the molecule is O=C(OCC(F)(CCOCc1ccccc1)COC(=O)c1ccccc1)c1ccccc1. The van der Waals surface area contributed by atoms with Gasteiger partial charge in [0.1, 0.15) is 13.2 Å². The number of carbonyl (C=O) groups is 2. The molecule has 3 aromatic carbocycles. The lowest BCUT2D eigenvalue weighted by Crippen LogP contribution is -2.38. The fourth-order valence-corrected chi connectivity index (χ4v) is 2.91. The van der Waals surface area contributed by atoms with Gasteiger partial charge in [-0.2, -0.15) is 0 Å². The maximum Gasteiger partial charge on any atom is 0.338 e. The molecule has 0 unspecified atom stereocenters. The number of rotatable bonds is 11. The number of halogens is 1. The van der Waals surface area contributed by atoms with E-state index in [0.29, 0.717) is 17.7 Å². The number of esters is 2. The van der Waals surface area contributed by atoms with Crippen LogP contribution in [0.5, 0.6) is 0 Å². The monoisotopic (exact) mass is 436 g/mol. The van der Waals surface area contributed by atoms with Crippen LogP contribution in [0.15, 0.2) is 91.0 Å². The van der Waals surface area contributed by atoms with Crippen molar-refractivity contribution in [3.8, 4) is 0 Å². The largest absolute Gasteiger partial charge is 0.459 e. The highest BCUT2D eigenvalue weighted by atomic mass is 19.1. The Morgan fingerprint density at radius 1 is 0.688 bits per heavy atom. The van der Waals surface area contributed by atoms with Crippen LogP contribution < -0.4 is 0 Å². The van der Waals surface area contributed by atoms with Crippen molar-refractivity contribution in [1.29, 1.82) is 0 Å². The van der Waals surface area contributed by atoms with E-state index in [9.17, 15) is 9.59 Å². The van der Waals surface area contributed by atoms with Crippen LogP contribution in [-0.2, 0) is 20.8 Å². The van der Waals surface area contributed by atoms with Crippen molar-refractivity contribution in [2.45, 2.75) is 18.7 Å². The van der Waals surface area contributed by atoms with E-state index >= 15 is 4.39 Å². The molecule has 0 heterocycles. The molecule has 32 heavy (non-hydrogen) atoms. The van der Waals surface area contributed by atoms with Crippen molar-refractivity contribution in [2.24, 2.45) is 0 Å². The Morgan fingerprint density at radius 2 is 1.12 bits per heavy atom. The van der Waals surface area contributed by atoms with E-state index in [-0.39, 0.29) is 13.0 Å². The smallest absolute Gasteiger partial charge is 0.338 e. The summed E-state index contributed by atoms with van der Waals surface area (Å²) in [5.74, 6) is -1.29. The van der Waals surface area contributed by atoms with Crippen LogP contribution in [0.25, 0.3) is 0 Å². The molecule has 0 radical (unpaired) electrons. The summed E-state index contributed by atoms with van der Waals surface area (Å²) in [4.78, 5) is 24.5. The first-order chi connectivity index (χ1) is 15.6. The normalized spacial score (nSPS) is 11.0. The van der Waals surface area contributed by atoms with Gasteiger partial charge in [0.05, 0.1) is 24.3 Å². The van der Waals surface area contributed by atoms with Gasteiger partial charge in [0.2, 0.25) is 0 Å². The fourth-order valence-electron chi connectivity index (χ4n) is 2.91. The van der Waals surface area contributed by atoms with Gasteiger partial charge in [0.15, 0.2) is 5.67 Å². The Morgan fingerprint density at radius 3 is 1.59 bits per heavy atom. The number of benzene rings is 3. The second-order valence-corrected chi connectivity index (χ2v) is 7.32. The topological polar surface area (TPSA) is 61.8 Å². The zero-order chi connectivity index (χ0) is 22.7. The van der Waals surface area contributed by atoms with Crippen LogP contribution in [0.1, 0.15) is 32.7 Å². The average Bonchev–Trinajstić information content (AvgIpc) is 2.85. The zero-order valence-corrected chi connectivity index (χ0v) is 17.6. The van der Waals surface area contributed by atoms with Crippen LogP contribution in [0, 0.1) is 0 Å². The van der Waals surface area contributed by atoms with E-state index in [1.54, 1.807) is 60.7 Å². The Kier molecular flexibility index (Phi) is 8.52. The third kappa shape index (κ3) is 7.32. The minimum absolute atomic E-state index is 0.0666. The third-order valence-corrected chi connectivity index (χ3v) is 4.75. The summed E-state index contributed by atoms with van der Waals surface area (Å²) < 4.78 is 31.6. The highest BCUT2D eigenvalue weighted by molar-refractivity contribution is 5.89. The van der Waals surface area contributed by atoms with Gasteiger partial charge in [0.25, 0.3) is 0 Å². The van der Waals surface area contributed by atoms with E-state index in [1.165, 1.54) is 0 Å². The van der Waals surface area contributed by atoms with Crippen LogP contribution in [0.3, 0.4) is 0 Å². The first-order valence-corrected chi connectivity index (χ1v) is 10.3. The second-order valence-electron chi connectivity index (χ2n) is 7.32. The van der Waals surface area contributed by atoms with Crippen LogP contribution in [0.2, 0.25) is 0 Å². The summed E-state index contributed by atoms with van der Waals surface area (Å²) in [5.41, 5.74) is -0.498. The van der Waals surface area contributed by atoms with Crippen molar-refractivity contribution >= 4 is 11.9 Å². The van der Waals surface area contributed by atoms with Crippen molar-refractivity contribution in [3.63, 3.8) is 0 Å². The Balaban J connectivity index is 1.57. The molecule has 0 aliphatic rings. The van der Waals surface area contributed by atoms with Gasteiger partial charge in [-0.05, 0) is 29.8 Å². The van der Waals surface area contributed by atoms with Crippen molar-refractivity contribution < 1.29 is 28.2 Å². The van der Waals surface area contributed by atoms with Gasteiger partial charge in [0, 0.05) is 6.42 Å². The van der Waals surface area contributed by atoms with Gasteiger partial charge in [-0.3, -0.25) is 0 Å². The van der Waals surface area contributed by atoms with E-state index < -0.39 is 30.8 Å². The molecule has 3 rings (SSSR count). The molecule has 0 saturated heterocycles. The molecule has 3 aromatic rings. The summed E-state index contributed by atoms with van der Waals surface area (Å²) >= 11 is 0. The number of hydrogen-bond acceptors (Lipinski definition) is 5. The van der Waals surface area contributed by atoms with Crippen molar-refractivity contribution in [2.75, 3.05) is 19.8 Å². The van der Waals surface area contributed by atoms with Crippen LogP contribution >= 0.6 is 0 Å². The molecule has 0 spiro atoms. The molecule has 6 heteroatoms. The lowest BCUT2D eigenvalue weighted by molar-refractivity contribution is -0.0393. The number of hydrogen-bond donors (Lipinski definition) is 0. The standard InChI is InChI=1S/C26H25FO5/c27-26(16-17-30-18-21-10-4-1-5-11-21,19-31-24(28)22-12-6-2-7-13-22)20-32-25(29)23-14-8-3-9-15-23/h1-15H,16-20H2. The molecule has 5 nitrogen and oxygen atoms in total. The third-order valence-electron chi connectivity index (χ3n) is 4.75.